The second-order valence-electron chi connectivity index (χ2n) is 9.60. The Labute approximate surface area is 197 Å². The van der Waals surface area contributed by atoms with Gasteiger partial charge in [0.05, 0.1) is 17.2 Å². The molecule has 1 unspecified atom stereocenters. The Kier molecular flexibility index (Phi) is 6.18. The molecular formula is C26H28F2N4S. The van der Waals surface area contributed by atoms with Crippen LogP contribution in [0.4, 0.5) is 8.78 Å². The van der Waals surface area contributed by atoms with Gasteiger partial charge in [0, 0.05) is 28.3 Å². The van der Waals surface area contributed by atoms with Crippen LogP contribution >= 0.6 is 11.3 Å². The maximum atomic E-state index is 15.4. The molecule has 4 nitrogen and oxygen atoms in total. The molecule has 2 atom stereocenters. The van der Waals surface area contributed by atoms with E-state index in [2.05, 4.69) is 69.0 Å². The van der Waals surface area contributed by atoms with Gasteiger partial charge in [-0.25, -0.2) is 18.7 Å². The number of nitrogens with zero attached hydrogens (tertiary/aromatic N) is 4. The predicted octanol–water partition coefficient (Wildman–Crippen LogP) is 6.78. The Balaban J connectivity index is 1.87. The molecule has 0 aliphatic rings. The van der Waals surface area contributed by atoms with Crippen LogP contribution in [0.15, 0.2) is 60.5 Å². The van der Waals surface area contributed by atoms with Crippen LogP contribution in [0.2, 0.25) is 0 Å². The first-order valence-corrected chi connectivity index (χ1v) is 11.8. The molecule has 172 valence electrons. The van der Waals surface area contributed by atoms with Gasteiger partial charge in [-0.2, -0.15) is 5.10 Å². The van der Waals surface area contributed by atoms with E-state index >= 15 is 4.39 Å². The lowest BCUT2D eigenvalue weighted by atomic mass is 9.56. The van der Waals surface area contributed by atoms with Gasteiger partial charge in [0.2, 0.25) is 0 Å². The smallest absolute Gasteiger partial charge is 0.137 e. The average Bonchev–Trinajstić information content (AvgIpc) is 3.44. The number of halogens is 2. The van der Waals surface area contributed by atoms with Gasteiger partial charge in [0.1, 0.15) is 24.3 Å². The standard InChI is InChI=1S/C26H28F2N4S/c1-17-6-8-19(9-7-17)23-13-33-24(31-23)18(2)26(25(3,4)5,14-32-16-29-15-30-32)21-11-10-20(27)12-22(21)28/h6-13,15-16,18H,14H2,1-5H3/t18-,26?/m0/s1. The van der Waals surface area contributed by atoms with Crippen LogP contribution in [-0.2, 0) is 12.0 Å². The van der Waals surface area contributed by atoms with Gasteiger partial charge in [-0.1, -0.05) is 63.6 Å². The highest BCUT2D eigenvalue weighted by Crippen LogP contribution is 2.53. The number of rotatable bonds is 6. The fourth-order valence-corrected chi connectivity index (χ4v) is 5.70. The minimum absolute atomic E-state index is 0.189. The van der Waals surface area contributed by atoms with E-state index in [1.807, 2.05) is 5.38 Å². The molecule has 7 heteroatoms. The molecule has 0 fully saturated rings. The lowest BCUT2D eigenvalue weighted by molar-refractivity contribution is 0.115. The van der Waals surface area contributed by atoms with Crippen molar-refractivity contribution < 1.29 is 8.78 Å². The van der Waals surface area contributed by atoms with Crippen molar-refractivity contribution in [2.45, 2.75) is 52.5 Å². The Morgan fingerprint density at radius 3 is 2.39 bits per heavy atom. The molecule has 2 heterocycles. The van der Waals surface area contributed by atoms with Crippen LogP contribution in [-0.4, -0.2) is 19.7 Å². The molecule has 0 radical (unpaired) electrons. The first-order chi connectivity index (χ1) is 15.6. The lowest BCUT2D eigenvalue weighted by Gasteiger charge is -2.49. The lowest BCUT2D eigenvalue weighted by Crippen LogP contribution is -2.48. The van der Waals surface area contributed by atoms with Crippen molar-refractivity contribution in [3.05, 3.63) is 88.3 Å². The van der Waals surface area contributed by atoms with Crippen LogP contribution in [0.1, 0.15) is 49.7 Å². The highest BCUT2D eigenvalue weighted by molar-refractivity contribution is 7.10. The molecule has 2 aromatic heterocycles. The molecular weight excluding hydrogens is 438 g/mol. The third kappa shape index (κ3) is 4.34. The molecule has 0 aliphatic carbocycles. The Morgan fingerprint density at radius 1 is 1.06 bits per heavy atom. The maximum Gasteiger partial charge on any atom is 0.137 e. The summed E-state index contributed by atoms with van der Waals surface area (Å²) in [5.41, 5.74) is 2.37. The molecule has 0 saturated carbocycles. The van der Waals surface area contributed by atoms with Crippen molar-refractivity contribution in [3.8, 4) is 11.3 Å². The summed E-state index contributed by atoms with van der Waals surface area (Å²) >= 11 is 1.56. The normalized spacial score (nSPS) is 14.8. The summed E-state index contributed by atoms with van der Waals surface area (Å²) in [6.07, 6.45) is 3.10. The SMILES string of the molecule is Cc1ccc(-c2csc([C@H](C)C(Cn3cncn3)(c3ccc(F)cc3F)C(C)(C)C)n2)cc1. The molecule has 0 saturated heterocycles. The number of hydrogen-bond acceptors (Lipinski definition) is 4. The van der Waals surface area contributed by atoms with Crippen molar-refractivity contribution in [2.24, 2.45) is 5.41 Å². The highest BCUT2D eigenvalue weighted by Gasteiger charge is 2.51. The zero-order valence-electron chi connectivity index (χ0n) is 19.5. The van der Waals surface area contributed by atoms with Gasteiger partial charge in [0.25, 0.3) is 0 Å². The van der Waals surface area contributed by atoms with Crippen molar-refractivity contribution in [2.75, 3.05) is 0 Å². The highest BCUT2D eigenvalue weighted by atomic mass is 32.1. The Hall–Kier alpha value is -2.93. The van der Waals surface area contributed by atoms with Crippen LogP contribution < -0.4 is 0 Å². The minimum Gasteiger partial charge on any atom is -0.252 e. The van der Waals surface area contributed by atoms with Gasteiger partial charge in [0.15, 0.2) is 0 Å². The van der Waals surface area contributed by atoms with Crippen LogP contribution in [0.5, 0.6) is 0 Å². The first-order valence-electron chi connectivity index (χ1n) is 10.9. The fraction of sp³-hybridized carbons (Fsp3) is 0.346. The average molecular weight is 467 g/mol. The van der Waals surface area contributed by atoms with E-state index in [9.17, 15) is 4.39 Å². The third-order valence-electron chi connectivity index (χ3n) is 6.61. The summed E-state index contributed by atoms with van der Waals surface area (Å²) in [7, 11) is 0. The second kappa shape index (κ2) is 8.78. The van der Waals surface area contributed by atoms with E-state index in [4.69, 9.17) is 4.98 Å². The monoisotopic (exact) mass is 466 g/mol. The number of thiazole rings is 1. The van der Waals surface area contributed by atoms with Crippen molar-refractivity contribution in [3.63, 3.8) is 0 Å². The quantitative estimate of drug-likeness (QED) is 0.315. The van der Waals surface area contributed by atoms with E-state index in [1.165, 1.54) is 18.0 Å². The van der Waals surface area contributed by atoms with Crippen LogP contribution in [0.25, 0.3) is 11.3 Å². The van der Waals surface area contributed by atoms with E-state index in [1.54, 1.807) is 28.4 Å². The van der Waals surface area contributed by atoms with Crippen molar-refractivity contribution in [1.29, 1.82) is 0 Å². The Morgan fingerprint density at radius 2 is 1.79 bits per heavy atom. The molecule has 0 aliphatic heterocycles. The largest absolute Gasteiger partial charge is 0.252 e. The van der Waals surface area contributed by atoms with E-state index in [0.717, 1.165) is 22.3 Å². The zero-order valence-corrected chi connectivity index (χ0v) is 20.3. The predicted molar refractivity (Wildman–Crippen MR) is 128 cm³/mol. The molecule has 2 aromatic carbocycles. The third-order valence-corrected chi connectivity index (χ3v) is 7.63. The summed E-state index contributed by atoms with van der Waals surface area (Å²) in [5.74, 6) is -1.35. The Bertz CT molecular complexity index is 1230. The molecule has 0 amide bonds. The summed E-state index contributed by atoms with van der Waals surface area (Å²) in [6, 6.07) is 12.1. The van der Waals surface area contributed by atoms with Gasteiger partial charge in [-0.05, 0) is 24.0 Å². The number of benzene rings is 2. The van der Waals surface area contributed by atoms with Crippen molar-refractivity contribution in [1.82, 2.24) is 19.7 Å². The van der Waals surface area contributed by atoms with Crippen molar-refractivity contribution >= 4 is 11.3 Å². The summed E-state index contributed by atoms with van der Waals surface area (Å²) < 4.78 is 31.0. The molecule has 33 heavy (non-hydrogen) atoms. The van der Waals surface area contributed by atoms with Gasteiger partial charge < -0.3 is 0 Å². The molecule has 0 bridgehead atoms. The second-order valence-corrected chi connectivity index (χ2v) is 10.5. The number of hydrogen-bond donors (Lipinski definition) is 0. The van der Waals surface area contributed by atoms with E-state index in [-0.39, 0.29) is 5.92 Å². The summed E-state index contributed by atoms with van der Waals surface area (Å²) in [6.45, 7) is 10.7. The molecule has 4 rings (SSSR count). The van der Waals surface area contributed by atoms with E-state index in [0.29, 0.717) is 12.1 Å². The van der Waals surface area contributed by atoms with Crippen LogP contribution in [0.3, 0.4) is 0 Å². The summed E-state index contributed by atoms with van der Waals surface area (Å²) in [5, 5.41) is 7.25. The molecule has 0 N–H and O–H groups in total. The first kappa shape index (κ1) is 23.2. The maximum absolute atomic E-state index is 15.4. The fourth-order valence-electron chi connectivity index (χ4n) is 4.72. The van der Waals surface area contributed by atoms with Crippen LogP contribution in [0, 0.1) is 24.0 Å². The minimum atomic E-state index is -0.777. The van der Waals surface area contributed by atoms with E-state index < -0.39 is 22.5 Å². The zero-order chi connectivity index (χ0) is 23.8. The topological polar surface area (TPSA) is 43.6 Å². The molecule has 0 spiro atoms. The van der Waals surface area contributed by atoms with Gasteiger partial charge in [-0.15, -0.1) is 11.3 Å². The summed E-state index contributed by atoms with van der Waals surface area (Å²) in [4.78, 5) is 9.05. The van der Waals surface area contributed by atoms with Gasteiger partial charge in [-0.3, -0.25) is 4.68 Å². The number of aryl methyl sites for hydroxylation is 1. The van der Waals surface area contributed by atoms with Gasteiger partial charge >= 0.3 is 0 Å². The molecule has 4 aromatic rings. The number of aromatic nitrogens is 4.